The molecule has 0 aromatic heterocycles. The van der Waals surface area contributed by atoms with E-state index in [4.69, 9.17) is 0 Å². The minimum absolute atomic E-state index is 0.0563. The Hall–Kier alpha value is -1.64. The fraction of sp³-hybridized carbons (Fsp3) is 0.550. The Bertz CT molecular complexity index is 854. The molecule has 1 heterocycles. The lowest BCUT2D eigenvalue weighted by atomic mass is 9.67. The van der Waals surface area contributed by atoms with Gasteiger partial charge in [0, 0.05) is 18.5 Å². The minimum Gasteiger partial charge on any atom is -0.207 e. The molecule has 1 saturated carbocycles. The maximum Gasteiger partial charge on any atom is 0.244 e. The second-order valence-electron chi connectivity index (χ2n) is 7.82. The second-order valence-corrected chi connectivity index (χ2v) is 9.65. The van der Waals surface area contributed by atoms with E-state index in [0.717, 1.165) is 23.1 Å². The zero-order chi connectivity index (χ0) is 18.5. The number of aryl methyl sites for hydroxylation is 3. The maximum atomic E-state index is 13.5. The largest absolute Gasteiger partial charge is 0.244 e. The summed E-state index contributed by atoms with van der Waals surface area (Å²) in [7, 11) is -3.61. The van der Waals surface area contributed by atoms with Crippen LogP contribution in [0.25, 0.3) is 0 Å². The highest BCUT2D eigenvalue weighted by Gasteiger charge is 2.46. The number of benzene rings is 1. The monoisotopic (exact) mass is 358 g/mol. The van der Waals surface area contributed by atoms with Crippen LogP contribution in [0.4, 0.5) is 0 Å². The smallest absolute Gasteiger partial charge is 0.207 e. The number of hydrogen-bond acceptors (Lipinski definition) is 3. The number of nitrogens with zero attached hydrogens (tertiary/aromatic N) is 2. The minimum atomic E-state index is -3.61. The van der Waals surface area contributed by atoms with E-state index in [9.17, 15) is 13.7 Å². The third-order valence-corrected chi connectivity index (χ3v) is 7.70. The third-order valence-electron chi connectivity index (χ3n) is 5.53. The van der Waals surface area contributed by atoms with E-state index in [0.29, 0.717) is 11.4 Å². The Morgan fingerprint density at radius 3 is 2.32 bits per heavy atom. The average molecular weight is 359 g/mol. The Labute approximate surface area is 151 Å². The normalized spacial score (nSPS) is 26.6. The summed E-state index contributed by atoms with van der Waals surface area (Å²) in [6.45, 7) is 10.2. The highest BCUT2D eigenvalue weighted by Crippen LogP contribution is 2.45. The fourth-order valence-electron chi connectivity index (χ4n) is 4.31. The van der Waals surface area contributed by atoms with Crippen molar-refractivity contribution in [2.45, 2.75) is 52.0 Å². The SMILES string of the molecule is Cc1cc(C)c(S(=O)(=O)N2C[C@H]3C(=C[C@@H]2C(C)C)C[C@@H]3C#N)c(C)c1. The van der Waals surface area contributed by atoms with Gasteiger partial charge in [-0.25, -0.2) is 8.42 Å². The molecule has 1 aliphatic heterocycles. The molecule has 1 aliphatic carbocycles. The zero-order valence-electron chi connectivity index (χ0n) is 15.6. The molecule has 0 spiro atoms. The third kappa shape index (κ3) is 2.92. The predicted molar refractivity (Wildman–Crippen MR) is 98.5 cm³/mol. The topological polar surface area (TPSA) is 61.2 Å². The zero-order valence-corrected chi connectivity index (χ0v) is 16.4. The molecule has 0 unspecified atom stereocenters. The summed E-state index contributed by atoms with van der Waals surface area (Å²) < 4.78 is 28.7. The van der Waals surface area contributed by atoms with Crippen LogP contribution in [0.5, 0.6) is 0 Å². The predicted octanol–water partition coefficient (Wildman–Crippen LogP) is 3.73. The first kappa shape index (κ1) is 18.2. The molecule has 0 amide bonds. The van der Waals surface area contributed by atoms with Crippen LogP contribution in [0.1, 0.15) is 37.0 Å². The Morgan fingerprint density at radius 2 is 1.80 bits per heavy atom. The maximum absolute atomic E-state index is 13.5. The second kappa shape index (κ2) is 6.26. The van der Waals surface area contributed by atoms with Crippen molar-refractivity contribution < 1.29 is 8.42 Å². The quantitative estimate of drug-likeness (QED) is 0.774. The van der Waals surface area contributed by atoms with Crippen molar-refractivity contribution in [3.05, 3.63) is 40.5 Å². The molecule has 1 aromatic rings. The molecule has 0 saturated heterocycles. The number of nitriles is 1. The van der Waals surface area contributed by atoms with Gasteiger partial charge in [-0.1, -0.05) is 43.2 Å². The van der Waals surface area contributed by atoms with Crippen LogP contribution in [-0.2, 0) is 10.0 Å². The molecule has 134 valence electrons. The molecule has 3 rings (SSSR count). The van der Waals surface area contributed by atoms with Crippen LogP contribution in [-0.4, -0.2) is 25.3 Å². The van der Waals surface area contributed by atoms with Crippen molar-refractivity contribution in [3.63, 3.8) is 0 Å². The van der Waals surface area contributed by atoms with E-state index in [-0.39, 0.29) is 23.8 Å². The molecule has 1 aromatic carbocycles. The van der Waals surface area contributed by atoms with E-state index in [1.54, 1.807) is 4.31 Å². The van der Waals surface area contributed by atoms with Crippen LogP contribution < -0.4 is 0 Å². The first-order chi connectivity index (χ1) is 11.7. The Kier molecular flexibility index (Phi) is 4.55. The number of hydrogen-bond donors (Lipinski definition) is 0. The molecule has 0 bridgehead atoms. The molecule has 0 N–H and O–H groups in total. The van der Waals surface area contributed by atoms with Gasteiger partial charge in [-0.2, -0.15) is 9.57 Å². The number of fused-ring (bicyclic) bond motifs is 1. The van der Waals surface area contributed by atoms with Crippen LogP contribution in [0.3, 0.4) is 0 Å². The standard InChI is InChI=1S/C20H26N2O2S/c1-12(2)19-9-16-8-17(10-21)18(16)11-22(19)25(23,24)20-14(4)6-13(3)7-15(20)5/h6-7,9,12,17-19H,8,11H2,1-5H3/t17-,18+,19-/m1/s1. The lowest BCUT2D eigenvalue weighted by Gasteiger charge is -2.46. The fourth-order valence-corrected chi connectivity index (χ4v) is 6.46. The summed E-state index contributed by atoms with van der Waals surface area (Å²) in [6.07, 6.45) is 2.89. The van der Waals surface area contributed by atoms with Gasteiger partial charge in [0.25, 0.3) is 0 Å². The molecule has 0 radical (unpaired) electrons. The van der Waals surface area contributed by atoms with Crippen molar-refractivity contribution in [3.8, 4) is 6.07 Å². The van der Waals surface area contributed by atoms with E-state index in [1.165, 1.54) is 5.57 Å². The molecular weight excluding hydrogens is 332 g/mol. The molecule has 4 nitrogen and oxygen atoms in total. The Morgan fingerprint density at radius 1 is 1.20 bits per heavy atom. The van der Waals surface area contributed by atoms with Crippen LogP contribution in [0.2, 0.25) is 0 Å². The lowest BCUT2D eigenvalue weighted by molar-refractivity contribution is 0.194. The molecule has 2 aliphatic rings. The molecular formula is C20H26N2O2S. The summed E-state index contributed by atoms with van der Waals surface area (Å²) in [5, 5.41) is 9.28. The van der Waals surface area contributed by atoms with Gasteiger partial charge in [-0.15, -0.1) is 0 Å². The average Bonchev–Trinajstić information content (AvgIpc) is 2.46. The summed E-state index contributed by atoms with van der Waals surface area (Å²) >= 11 is 0. The molecule has 5 heteroatoms. The van der Waals surface area contributed by atoms with Gasteiger partial charge in [0.15, 0.2) is 0 Å². The van der Waals surface area contributed by atoms with Crippen LogP contribution >= 0.6 is 0 Å². The highest BCUT2D eigenvalue weighted by molar-refractivity contribution is 7.89. The van der Waals surface area contributed by atoms with E-state index >= 15 is 0 Å². The van der Waals surface area contributed by atoms with Crippen LogP contribution in [0.15, 0.2) is 28.7 Å². The number of rotatable bonds is 3. The van der Waals surface area contributed by atoms with Gasteiger partial charge in [0.1, 0.15) is 0 Å². The van der Waals surface area contributed by atoms with Gasteiger partial charge in [0.05, 0.1) is 16.9 Å². The van der Waals surface area contributed by atoms with Crippen molar-refractivity contribution in [1.29, 1.82) is 5.26 Å². The van der Waals surface area contributed by atoms with Crippen molar-refractivity contribution in [1.82, 2.24) is 4.31 Å². The summed E-state index contributed by atoms with van der Waals surface area (Å²) in [5.41, 5.74) is 3.91. The van der Waals surface area contributed by atoms with Gasteiger partial charge in [-0.05, 0) is 44.2 Å². The summed E-state index contributed by atoms with van der Waals surface area (Å²) in [4.78, 5) is 0.424. The highest BCUT2D eigenvalue weighted by atomic mass is 32.2. The molecule has 1 fully saturated rings. The first-order valence-corrected chi connectivity index (χ1v) is 10.3. The van der Waals surface area contributed by atoms with Crippen molar-refractivity contribution >= 4 is 10.0 Å². The van der Waals surface area contributed by atoms with E-state index in [1.807, 2.05) is 32.9 Å². The first-order valence-electron chi connectivity index (χ1n) is 8.86. The van der Waals surface area contributed by atoms with Crippen molar-refractivity contribution in [2.75, 3.05) is 6.54 Å². The van der Waals surface area contributed by atoms with Gasteiger partial charge in [0.2, 0.25) is 10.0 Å². The van der Waals surface area contributed by atoms with Crippen molar-refractivity contribution in [2.24, 2.45) is 17.8 Å². The number of sulfonamides is 1. The molecule has 25 heavy (non-hydrogen) atoms. The van der Waals surface area contributed by atoms with Gasteiger partial charge >= 0.3 is 0 Å². The van der Waals surface area contributed by atoms with Crippen LogP contribution in [0, 0.1) is 49.9 Å². The molecule has 3 atom stereocenters. The summed E-state index contributed by atoms with van der Waals surface area (Å²) in [5.74, 6) is 0.188. The lowest BCUT2D eigenvalue weighted by Crippen LogP contribution is -2.52. The van der Waals surface area contributed by atoms with E-state index < -0.39 is 10.0 Å². The van der Waals surface area contributed by atoms with Gasteiger partial charge < -0.3 is 0 Å². The summed E-state index contributed by atoms with van der Waals surface area (Å²) in [6, 6.07) is 6.04. The van der Waals surface area contributed by atoms with Gasteiger partial charge in [-0.3, -0.25) is 0 Å². The Balaban J connectivity index is 2.08. The van der Waals surface area contributed by atoms with E-state index in [2.05, 4.69) is 26.0 Å².